The highest BCUT2D eigenvalue weighted by Gasteiger charge is 2.19. The van der Waals surface area contributed by atoms with Crippen LogP contribution in [0.3, 0.4) is 0 Å². The van der Waals surface area contributed by atoms with Gasteiger partial charge in [-0.3, -0.25) is 11.3 Å². The van der Waals surface area contributed by atoms with E-state index in [1.54, 1.807) is 0 Å². The Kier molecular flexibility index (Phi) is 6.37. The molecule has 0 saturated heterocycles. The fourth-order valence-corrected chi connectivity index (χ4v) is 2.65. The van der Waals surface area contributed by atoms with Crippen LogP contribution in [-0.4, -0.2) is 0 Å². The highest BCUT2D eigenvalue weighted by atomic mass is 15.2. The van der Waals surface area contributed by atoms with Crippen molar-refractivity contribution < 1.29 is 0 Å². The molecule has 0 aliphatic heterocycles. The van der Waals surface area contributed by atoms with Gasteiger partial charge >= 0.3 is 0 Å². The predicted molar refractivity (Wildman–Crippen MR) is 79.1 cm³/mol. The lowest BCUT2D eigenvalue weighted by atomic mass is 9.88. The van der Waals surface area contributed by atoms with E-state index in [4.69, 9.17) is 5.84 Å². The molecule has 0 heterocycles. The molecule has 0 aliphatic rings. The van der Waals surface area contributed by atoms with E-state index in [-0.39, 0.29) is 6.04 Å². The average Bonchev–Trinajstić information content (AvgIpc) is 2.35. The number of hydrogen-bond donors (Lipinski definition) is 2. The van der Waals surface area contributed by atoms with Gasteiger partial charge in [0.2, 0.25) is 0 Å². The first kappa shape index (κ1) is 15.2. The van der Waals surface area contributed by atoms with Gasteiger partial charge in [0.15, 0.2) is 0 Å². The smallest absolute Gasteiger partial charge is 0.0488 e. The Balaban J connectivity index is 2.91. The highest BCUT2D eigenvalue weighted by molar-refractivity contribution is 5.26. The standard InChI is InChI=1S/C16H28N2/c1-5-14(6-2)16(18-17)15-9-7-8-13(11-15)10-12(3)4/h7-9,11-12,14,16,18H,5-6,10,17H2,1-4H3. The van der Waals surface area contributed by atoms with E-state index in [1.165, 1.54) is 11.1 Å². The lowest BCUT2D eigenvalue weighted by Crippen LogP contribution is -2.33. The van der Waals surface area contributed by atoms with Gasteiger partial charge in [0.05, 0.1) is 0 Å². The second kappa shape index (κ2) is 7.55. The molecule has 0 amide bonds. The van der Waals surface area contributed by atoms with Crippen molar-refractivity contribution in [3.63, 3.8) is 0 Å². The zero-order valence-electron chi connectivity index (χ0n) is 12.2. The maximum atomic E-state index is 5.76. The van der Waals surface area contributed by atoms with Crippen molar-refractivity contribution in [1.29, 1.82) is 0 Å². The Morgan fingerprint density at radius 2 is 1.83 bits per heavy atom. The lowest BCUT2D eigenvalue weighted by Gasteiger charge is -2.25. The Morgan fingerprint density at radius 3 is 2.33 bits per heavy atom. The molecular formula is C16H28N2. The molecule has 3 N–H and O–H groups in total. The first-order valence-corrected chi connectivity index (χ1v) is 7.17. The van der Waals surface area contributed by atoms with E-state index in [9.17, 15) is 0 Å². The van der Waals surface area contributed by atoms with Crippen LogP contribution < -0.4 is 11.3 Å². The molecule has 0 fully saturated rings. The molecule has 1 aromatic carbocycles. The van der Waals surface area contributed by atoms with Crippen molar-refractivity contribution in [3.05, 3.63) is 35.4 Å². The molecule has 0 saturated carbocycles. The summed E-state index contributed by atoms with van der Waals surface area (Å²) in [7, 11) is 0. The van der Waals surface area contributed by atoms with Crippen LogP contribution in [0, 0.1) is 11.8 Å². The van der Waals surface area contributed by atoms with Crippen LogP contribution in [0.2, 0.25) is 0 Å². The molecule has 0 aromatic heterocycles. The van der Waals surface area contributed by atoms with Crippen LogP contribution in [0.15, 0.2) is 24.3 Å². The van der Waals surface area contributed by atoms with E-state index >= 15 is 0 Å². The number of hydrazine groups is 1. The Hall–Kier alpha value is -0.860. The molecule has 102 valence electrons. The Labute approximate surface area is 112 Å². The normalized spacial score (nSPS) is 13.3. The summed E-state index contributed by atoms with van der Waals surface area (Å²) in [5.41, 5.74) is 5.74. The zero-order chi connectivity index (χ0) is 13.5. The van der Waals surface area contributed by atoms with Crippen molar-refractivity contribution >= 4 is 0 Å². The van der Waals surface area contributed by atoms with Crippen LogP contribution in [0.25, 0.3) is 0 Å². The molecule has 1 rings (SSSR count). The monoisotopic (exact) mass is 248 g/mol. The maximum absolute atomic E-state index is 5.76. The van der Waals surface area contributed by atoms with Crippen LogP contribution in [0.4, 0.5) is 0 Å². The molecule has 2 heteroatoms. The number of rotatable bonds is 7. The SMILES string of the molecule is CCC(CC)C(NN)c1cccc(CC(C)C)c1. The lowest BCUT2D eigenvalue weighted by molar-refractivity contribution is 0.345. The third kappa shape index (κ3) is 4.11. The summed E-state index contributed by atoms with van der Waals surface area (Å²) < 4.78 is 0. The van der Waals surface area contributed by atoms with Gasteiger partial charge < -0.3 is 0 Å². The minimum absolute atomic E-state index is 0.270. The minimum atomic E-state index is 0.270. The van der Waals surface area contributed by atoms with Gasteiger partial charge in [0, 0.05) is 6.04 Å². The molecule has 2 nitrogen and oxygen atoms in total. The second-order valence-electron chi connectivity index (χ2n) is 5.56. The Morgan fingerprint density at radius 1 is 1.17 bits per heavy atom. The molecule has 0 spiro atoms. The molecule has 0 bridgehead atoms. The van der Waals surface area contributed by atoms with Gasteiger partial charge in [0.1, 0.15) is 0 Å². The molecule has 1 unspecified atom stereocenters. The average molecular weight is 248 g/mol. The van der Waals surface area contributed by atoms with Crippen LogP contribution in [0.1, 0.15) is 57.7 Å². The summed E-state index contributed by atoms with van der Waals surface area (Å²) in [6, 6.07) is 9.13. The summed E-state index contributed by atoms with van der Waals surface area (Å²) in [4.78, 5) is 0. The van der Waals surface area contributed by atoms with Crippen molar-refractivity contribution in [3.8, 4) is 0 Å². The minimum Gasteiger partial charge on any atom is -0.271 e. The molecular weight excluding hydrogens is 220 g/mol. The quantitative estimate of drug-likeness (QED) is 0.568. The summed E-state index contributed by atoms with van der Waals surface area (Å²) >= 11 is 0. The summed E-state index contributed by atoms with van der Waals surface area (Å²) in [5.74, 6) is 7.05. The van der Waals surface area contributed by atoms with Crippen molar-refractivity contribution in [2.75, 3.05) is 0 Å². The molecule has 0 aliphatic carbocycles. The highest BCUT2D eigenvalue weighted by Crippen LogP contribution is 2.27. The van der Waals surface area contributed by atoms with Crippen LogP contribution >= 0.6 is 0 Å². The van der Waals surface area contributed by atoms with Crippen molar-refractivity contribution in [2.45, 2.75) is 53.0 Å². The number of nitrogens with one attached hydrogen (secondary N) is 1. The molecule has 1 aromatic rings. The summed E-state index contributed by atoms with van der Waals surface area (Å²) in [6.45, 7) is 8.98. The number of hydrogen-bond acceptors (Lipinski definition) is 2. The maximum Gasteiger partial charge on any atom is 0.0488 e. The van der Waals surface area contributed by atoms with Gasteiger partial charge in [-0.05, 0) is 29.4 Å². The number of benzene rings is 1. The van der Waals surface area contributed by atoms with Crippen molar-refractivity contribution in [1.82, 2.24) is 5.43 Å². The first-order chi connectivity index (χ1) is 8.62. The van der Waals surface area contributed by atoms with E-state index in [0.29, 0.717) is 11.8 Å². The second-order valence-corrected chi connectivity index (χ2v) is 5.56. The predicted octanol–water partition coefficient (Wildman–Crippen LogP) is 3.83. The van der Waals surface area contributed by atoms with Gasteiger partial charge in [-0.25, -0.2) is 0 Å². The fourth-order valence-electron chi connectivity index (χ4n) is 2.65. The van der Waals surface area contributed by atoms with Gasteiger partial charge in [-0.15, -0.1) is 0 Å². The van der Waals surface area contributed by atoms with Crippen LogP contribution in [-0.2, 0) is 6.42 Å². The summed E-state index contributed by atoms with van der Waals surface area (Å²) in [5, 5.41) is 0. The van der Waals surface area contributed by atoms with Crippen molar-refractivity contribution in [2.24, 2.45) is 17.7 Å². The van der Waals surface area contributed by atoms with E-state index in [0.717, 1.165) is 19.3 Å². The van der Waals surface area contributed by atoms with Gasteiger partial charge in [0.25, 0.3) is 0 Å². The molecule has 1 atom stereocenters. The van der Waals surface area contributed by atoms with Gasteiger partial charge in [-0.1, -0.05) is 64.8 Å². The summed E-state index contributed by atoms with van der Waals surface area (Å²) in [6.07, 6.45) is 3.44. The van der Waals surface area contributed by atoms with Crippen LogP contribution in [0.5, 0.6) is 0 Å². The van der Waals surface area contributed by atoms with E-state index in [2.05, 4.69) is 57.4 Å². The third-order valence-electron chi connectivity index (χ3n) is 3.65. The zero-order valence-corrected chi connectivity index (χ0v) is 12.2. The molecule has 0 radical (unpaired) electrons. The largest absolute Gasteiger partial charge is 0.271 e. The first-order valence-electron chi connectivity index (χ1n) is 7.17. The Bertz CT molecular complexity index is 343. The topological polar surface area (TPSA) is 38.0 Å². The van der Waals surface area contributed by atoms with Gasteiger partial charge in [-0.2, -0.15) is 0 Å². The number of nitrogens with two attached hydrogens (primary N) is 1. The fraction of sp³-hybridized carbons (Fsp3) is 0.625. The van der Waals surface area contributed by atoms with E-state index < -0.39 is 0 Å². The molecule has 18 heavy (non-hydrogen) atoms. The third-order valence-corrected chi connectivity index (χ3v) is 3.65. The van der Waals surface area contributed by atoms with E-state index in [1.807, 2.05) is 0 Å².